The number of sulfonamides is 1. The number of hydrogen-bond donors (Lipinski definition) is 3. The van der Waals surface area contributed by atoms with E-state index in [1.807, 2.05) is 6.07 Å². The maximum absolute atomic E-state index is 12.0. The molecule has 0 aliphatic rings. The molecular weight excluding hydrogens is 304 g/mol. The van der Waals surface area contributed by atoms with Crippen LogP contribution in [0.4, 0.5) is 0 Å². The van der Waals surface area contributed by atoms with Crippen LogP contribution in [-0.4, -0.2) is 19.5 Å². The Hall–Kier alpha value is -2.48. The molecule has 2 aromatic rings. The summed E-state index contributed by atoms with van der Waals surface area (Å²) in [6.45, 7) is 0. The summed E-state index contributed by atoms with van der Waals surface area (Å²) in [5.41, 5.74) is 2.82. The van der Waals surface area contributed by atoms with Gasteiger partial charge >= 0.3 is 0 Å². The normalized spacial score (nSPS) is 11.5. The molecule has 6 nitrogen and oxygen atoms in total. The third-order valence-electron chi connectivity index (χ3n) is 2.94. The van der Waals surface area contributed by atoms with Gasteiger partial charge in [0.15, 0.2) is 0 Å². The maximum atomic E-state index is 12.0. The number of nitrogens with one attached hydrogen (secondary N) is 1. The van der Waals surface area contributed by atoms with Crippen molar-refractivity contribution in [1.29, 1.82) is 0 Å². The number of carbonyl (C=O) groups is 1. The molecule has 0 saturated heterocycles. The number of benzene rings is 2. The van der Waals surface area contributed by atoms with Crippen LogP contribution in [0.2, 0.25) is 0 Å². The molecular formula is C15H14N2O4S. The second kappa shape index (κ2) is 6.52. The lowest BCUT2D eigenvalue weighted by molar-refractivity contribution is -0.124. The van der Waals surface area contributed by atoms with Crippen molar-refractivity contribution in [1.82, 2.24) is 5.48 Å². The van der Waals surface area contributed by atoms with Gasteiger partial charge in [0.1, 0.15) is 0 Å². The van der Waals surface area contributed by atoms with Crippen molar-refractivity contribution in [2.24, 2.45) is 5.14 Å². The summed E-state index contributed by atoms with van der Waals surface area (Å²) in [7, 11) is -4.01. The number of amides is 1. The molecule has 0 aliphatic heterocycles. The van der Waals surface area contributed by atoms with Crippen molar-refractivity contribution in [2.75, 3.05) is 0 Å². The molecule has 114 valence electrons. The topological polar surface area (TPSA) is 109 Å². The lowest BCUT2D eigenvalue weighted by Gasteiger charge is -2.11. The summed E-state index contributed by atoms with van der Waals surface area (Å²) in [6, 6.07) is 13.7. The van der Waals surface area contributed by atoms with Crippen molar-refractivity contribution >= 4 is 22.0 Å². The van der Waals surface area contributed by atoms with E-state index in [1.54, 1.807) is 36.4 Å². The van der Waals surface area contributed by atoms with Crippen molar-refractivity contribution in [3.8, 4) is 11.1 Å². The Labute approximate surface area is 127 Å². The predicted octanol–water partition coefficient (Wildman–Crippen LogP) is 1.52. The summed E-state index contributed by atoms with van der Waals surface area (Å²) < 4.78 is 23.9. The molecule has 1 amide bonds. The number of primary sulfonamides is 1. The number of rotatable bonds is 4. The molecule has 2 rings (SSSR count). The van der Waals surface area contributed by atoms with E-state index in [0.29, 0.717) is 11.1 Å². The van der Waals surface area contributed by atoms with Crippen LogP contribution in [0.1, 0.15) is 5.56 Å². The van der Waals surface area contributed by atoms with Crippen LogP contribution < -0.4 is 10.6 Å². The first-order valence-electron chi connectivity index (χ1n) is 6.27. The van der Waals surface area contributed by atoms with E-state index in [9.17, 15) is 13.2 Å². The largest absolute Gasteiger partial charge is 0.288 e. The van der Waals surface area contributed by atoms with Gasteiger partial charge in [-0.25, -0.2) is 19.0 Å². The van der Waals surface area contributed by atoms with Crippen LogP contribution in [0.5, 0.6) is 0 Å². The summed E-state index contributed by atoms with van der Waals surface area (Å²) >= 11 is 0. The van der Waals surface area contributed by atoms with Crippen molar-refractivity contribution in [3.63, 3.8) is 0 Å². The van der Waals surface area contributed by atoms with E-state index < -0.39 is 15.9 Å². The third-order valence-corrected chi connectivity index (χ3v) is 3.96. The summed E-state index contributed by atoms with van der Waals surface area (Å²) in [5.74, 6) is -0.773. The van der Waals surface area contributed by atoms with Gasteiger partial charge in [-0.05, 0) is 17.2 Å². The molecule has 0 heterocycles. The number of hydroxylamine groups is 1. The Kier molecular flexibility index (Phi) is 4.71. The first kappa shape index (κ1) is 15.9. The first-order valence-corrected chi connectivity index (χ1v) is 7.81. The minimum absolute atomic E-state index is 0.0804. The second-order valence-corrected chi connectivity index (χ2v) is 5.94. The van der Waals surface area contributed by atoms with E-state index in [2.05, 4.69) is 0 Å². The molecule has 4 N–H and O–H groups in total. The molecule has 0 atom stereocenters. The van der Waals surface area contributed by atoms with Gasteiger partial charge in [0.25, 0.3) is 5.91 Å². The average Bonchev–Trinajstić information content (AvgIpc) is 2.52. The Bertz CT molecular complexity index is 815. The van der Waals surface area contributed by atoms with Gasteiger partial charge in [-0.2, -0.15) is 0 Å². The zero-order valence-corrected chi connectivity index (χ0v) is 12.2. The van der Waals surface area contributed by atoms with Gasteiger partial charge in [0.05, 0.1) is 4.90 Å². The van der Waals surface area contributed by atoms with Crippen LogP contribution in [0.25, 0.3) is 17.2 Å². The van der Waals surface area contributed by atoms with E-state index in [0.717, 1.165) is 6.08 Å². The highest BCUT2D eigenvalue weighted by molar-refractivity contribution is 7.89. The lowest BCUT2D eigenvalue weighted by atomic mass is 10.0. The van der Waals surface area contributed by atoms with Gasteiger partial charge in [-0.1, -0.05) is 48.5 Å². The molecule has 0 saturated carbocycles. The third kappa shape index (κ3) is 3.59. The smallest absolute Gasteiger partial charge is 0.267 e. The van der Waals surface area contributed by atoms with Crippen LogP contribution >= 0.6 is 0 Å². The predicted molar refractivity (Wildman–Crippen MR) is 82.2 cm³/mol. The molecule has 7 heteroatoms. The van der Waals surface area contributed by atoms with E-state index in [-0.39, 0.29) is 10.5 Å². The Morgan fingerprint density at radius 1 is 1.09 bits per heavy atom. The molecule has 0 unspecified atom stereocenters. The highest BCUT2D eigenvalue weighted by Gasteiger charge is 2.18. The molecule has 0 radical (unpaired) electrons. The highest BCUT2D eigenvalue weighted by Crippen LogP contribution is 2.30. The summed E-state index contributed by atoms with van der Waals surface area (Å²) in [4.78, 5) is 11.0. The Morgan fingerprint density at radius 3 is 2.36 bits per heavy atom. The molecule has 0 spiro atoms. The van der Waals surface area contributed by atoms with Crippen LogP contribution in [-0.2, 0) is 14.8 Å². The van der Waals surface area contributed by atoms with Crippen molar-refractivity contribution in [2.45, 2.75) is 4.90 Å². The van der Waals surface area contributed by atoms with Crippen LogP contribution in [0, 0.1) is 0 Å². The van der Waals surface area contributed by atoms with Gasteiger partial charge < -0.3 is 0 Å². The quantitative estimate of drug-likeness (QED) is 0.451. The number of carbonyl (C=O) groups excluding carboxylic acids is 1. The monoisotopic (exact) mass is 318 g/mol. The van der Waals surface area contributed by atoms with Gasteiger partial charge in [0, 0.05) is 11.6 Å². The fourth-order valence-electron chi connectivity index (χ4n) is 2.05. The maximum Gasteiger partial charge on any atom is 0.267 e. The molecule has 2 aromatic carbocycles. The van der Waals surface area contributed by atoms with Crippen LogP contribution in [0.15, 0.2) is 59.5 Å². The Morgan fingerprint density at radius 2 is 1.77 bits per heavy atom. The first-order chi connectivity index (χ1) is 10.4. The van der Waals surface area contributed by atoms with E-state index >= 15 is 0 Å². The molecule has 0 aliphatic carbocycles. The van der Waals surface area contributed by atoms with E-state index in [1.165, 1.54) is 17.6 Å². The van der Waals surface area contributed by atoms with Gasteiger partial charge in [-0.3, -0.25) is 10.0 Å². The van der Waals surface area contributed by atoms with E-state index in [4.69, 9.17) is 10.3 Å². The standard InChI is InChI=1S/C15H14N2O4S/c16-22(20,21)15-12(9-10-14(18)17-19)7-4-8-13(15)11-5-2-1-3-6-11/h1-10,19H,(H,17,18)(H2,16,20,21). The highest BCUT2D eigenvalue weighted by atomic mass is 32.2. The van der Waals surface area contributed by atoms with Crippen LogP contribution in [0.3, 0.4) is 0 Å². The Balaban J connectivity index is 2.67. The van der Waals surface area contributed by atoms with Gasteiger partial charge in [0.2, 0.25) is 10.0 Å². The SMILES string of the molecule is NS(=O)(=O)c1c(C=CC(=O)NO)cccc1-c1ccccc1. The average molecular weight is 318 g/mol. The molecule has 0 fully saturated rings. The minimum atomic E-state index is -4.01. The fourth-order valence-corrected chi connectivity index (χ4v) is 3.01. The number of hydrogen-bond acceptors (Lipinski definition) is 4. The molecule has 0 bridgehead atoms. The molecule has 22 heavy (non-hydrogen) atoms. The fraction of sp³-hybridized carbons (Fsp3) is 0. The van der Waals surface area contributed by atoms with Gasteiger partial charge in [-0.15, -0.1) is 0 Å². The van der Waals surface area contributed by atoms with Crippen molar-refractivity contribution in [3.05, 3.63) is 60.2 Å². The number of nitrogens with two attached hydrogens (primary N) is 1. The summed E-state index contributed by atoms with van der Waals surface area (Å²) in [5, 5.41) is 13.8. The minimum Gasteiger partial charge on any atom is -0.288 e. The summed E-state index contributed by atoms with van der Waals surface area (Å²) in [6.07, 6.45) is 2.29. The lowest BCUT2D eigenvalue weighted by Crippen LogP contribution is -2.16. The van der Waals surface area contributed by atoms with Crippen molar-refractivity contribution < 1.29 is 18.4 Å². The zero-order chi connectivity index (χ0) is 16.2. The second-order valence-electron chi connectivity index (χ2n) is 4.44. The zero-order valence-electron chi connectivity index (χ0n) is 11.4. The molecule has 0 aromatic heterocycles.